The van der Waals surface area contributed by atoms with E-state index in [1.54, 1.807) is 54.6 Å². The van der Waals surface area contributed by atoms with E-state index in [-0.39, 0.29) is 5.70 Å². The molecular weight excluding hydrogens is 315 g/mol. The molecule has 1 N–H and O–H groups in total. The van der Waals surface area contributed by atoms with Crippen LogP contribution in [0.15, 0.2) is 60.7 Å². The molecule has 0 atom stereocenters. The maximum absolute atomic E-state index is 12.5. The second-order valence-corrected chi connectivity index (χ2v) is 4.86. The smallest absolute Gasteiger partial charge is 0.355 e. The Morgan fingerprint density at radius 2 is 1.73 bits per heavy atom. The summed E-state index contributed by atoms with van der Waals surface area (Å²) in [7, 11) is 0. The van der Waals surface area contributed by atoms with Crippen LogP contribution in [0.4, 0.5) is 18.9 Å². The molecule has 0 amide bonds. The highest BCUT2D eigenvalue weighted by Crippen LogP contribution is 2.24. The molecule has 2 rings (SSSR count). The maximum atomic E-state index is 12.5. The van der Waals surface area contributed by atoms with Crippen LogP contribution in [0, 0.1) is 0 Å². The molecule has 0 aromatic heterocycles. The SMILES string of the molecule is O=C(/C=C(\Nc1cccc(Cl)c1)c1ccccc1)C(F)(F)F. The molecule has 114 valence electrons. The molecule has 6 heteroatoms. The second-order valence-electron chi connectivity index (χ2n) is 4.42. The minimum absolute atomic E-state index is 0.0465. The first-order chi connectivity index (χ1) is 10.4. The minimum atomic E-state index is -4.92. The molecule has 22 heavy (non-hydrogen) atoms. The van der Waals surface area contributed by atoms with E-state index in [1.165, 1.54) is 0 Å². The van der Waals surface area contributed by atoms with Crippen molar-refractivity contribution in [2.75, 3.05) is 5.32 Å². The van der Waals surface area contributed by atoms with Gasteiger partial charge in [-0.1, -0.05) is 48.0 Å². The van der Waals surface area contributed by atoms with E-state index in [9.17, 15) is 18.0 Å². The van der Waals surface area contributed by atoms with Crippen molar-refractivity contribution in [3.05, 3.63) is 71.3 Å². The normalized spacial score (nSPS) is 12.1. The van der Waals surface area contributed by atoms with Gasteiger partial charge in [-0.2, -0.15) is 13.2 Å². The lowest BCUT2D eigenvalue weighted by Gasteiger charge is -2.12. The van der Waals surface area contributed by atoms with E-state index >= 15 is 0 Å². The van der Waals surface area contributed by atoms with Gasteiger partial charge in [-0.15, -0.1) is 0 Å². The van der Waals surface area contributed by atoms with Gasteiger partial charge in [0.15, 0.2) is 0 Å². The van der Waals surface area contributed by atoms with E-state index in [1.807, 2.05) is 0 Å². The molecule has 0 aliphatic rings. The summed E-state index contributed by atoms with van der Waals surface area (Å²) in [4.78, 5) is 11.2. The summed E-state index contributed by atoms with van der Waals surface area (Å²) in [6.07, 6.45) is -4.38. The molecule has 0 radical (unpaired) electrons. The number of carbonyl (C=O) groups is 1. The van der Waals surface area contributed by atoms with Crippen LogP contribution >= 0.6 is 11.6 Å². The first-order valence-electron chi connectivity index (χ1n) is 6.27. The lowest BCUT2D eigenvalue weighted by molar-refractivity contribution is -0.165. The fourth-order valence-corrected chi connectivity index (χ4v) is 1.93. The van der Waals surface area contributed by atoms with Gasteiger partial charge in [0, 0.05) is 22.5 Å². The summed E-state index contributed by atoms with van der Waals surface area (Å²) in [5.74, 6) is -1.93. The van der Waals surface area contributed by atoms with Gasteiger partial charge < -0.3 is 5.32 Å². The molecule has 0 fully saturated rings. The number of nitrogens with one attached hydrogen (secondary N) is 1. The summed E-state index contributed by atoms with van der Waals surface area (Å²) in [5, 5.41) is 3.23. The third kappa shape index (κ3) is 4.36. The number of anilines is 1. The van der Waals surface area contributed by atoms with Gasteiger partial charge in [0.1, 0.15) is 0 Å². The lowest BCUT2D eigenvalue weighted by Crippen LogP contribution is -2.21. The Balaban J connectivity index is 2.38. The predicted octanol–water partition coefficient (Wildman–Crippen LogP) is 4.92. The Labute approximate surface area is 130 Å². The van der Waals surface area contributed by atoms with Crippen LogP contribution in [0.1, 0.15) is 5.56 Å². The topological polar surface area (TPSA) is 29.1 Å². The quantitative estimate of drug-likeness (QED) is 0.808. The number of benzene rings is 2. The molecule has 0 saturated heterocycles. The number of allylic oxidation sites excluding steroid dienone is 1. The van der Waals surface area contributed by atoms with Crippen molar-refractivity contribution in [1.82, 2.24) is 0 Å². The van der Waals surface area contributed by atoms with Crippen LogP contribution < -0.4 is 5.32 Å². The van der Waals surface area contributed by atoms with Crippen molar-refractivity contribution in [3.63, 3.8) is 0 Å². The van der Waals surface area contributed by atoms with Gasteiger partial charge >= 0.3 is 6.18 Å². The van der Waals surface area contributed by atoms with Crippen LogP contribution in [0.2, 0.25) is 5.02 Å². The molecule has 0 heterocycles. The lowest BCUT2D eigenvalue weighted by atomic mass is 10.1. The summed E-state index contributed by atoms with van der Waals surface area (Å²) in [6, 6.07) is 14.8. The van der Waals surface area contributed by atoms with Gasteiger partial charge in [0.2, 0.25) is 0 Å². The highest BCUT2D eigenvalue weighted by atomic mass is 35.5. The van der Waals surface area contributed by atoms with Gasteiger partial charge in [-0.25, -0.2) is 0 Å². The molecule has 0 aliphatic carbocycles. The van der Waals surface area contributed by atoms with Crippen molar-refractivity contribution in [2.24, 2.45) is 0 Å². The average Bonchev–Trinajstić information content (AvgIpc) is 2.46. The van der Waals surface area contributed by atoms with Gasteiger partial charge in [-0.3, -0.25) is 4.79 Å². The van der Waals surface area contributed by atoms with Crippen molar-refractivity contribution < 1.29 is 18.0 Å². The number of rotatable bonds is 4. The zero-order valence-electron chi connectivity index (χ0n) is 11.2. The highest BCUT2D eigenvalue weighted by molar-refractivity contribution is 6.30. The van der Waals surface area contributed by atoms with E-state index < -0.39 is 12.0 Å². The standard InChI is InChI=1S/C16H11ClF3NO/c17-12-7-4-8-13(9-12)21-14(10-15(22)16(18,19)20)11-5-2-1-3-6-11/h1-10,21H/b14-10-. The highest BCUT2D eigenvalue weighted by Gasteiger charge is 2.36. The fourth-order valence-electron chi connectivity index (χ4n) is 1.74. The number of ketones is 1. The molecule has 0 aliphatic heterocycles. The Bertz CT molecular complexity index is 696. The predicted molar refractivity (Wildman–Crippen MR) is 80.6 cm³/mol. The Morgan fingerprint density at radius 1 is 1.05 bits per heavy atom. The largest absolute Gasteiger partial charge is 0.454 e. The molecule has 0 saturated carbocycles. The zero-order chi connectivity index (χ0) is 16.2. The zero-order valence-corrected chi connectivity index (χ0v) is 11.9. The van der Waals surface area contributed by atoms with Gasteiger partial charge in [0.25, 0.3) is 5.78 Å². The van der Waals surface area contributed by atoms with Gasteiger partial charge in [0.05, 0.1) is 0 Å². The van der Waals surface area contributed by atoms with E-state index in [4.69, 9.17) is 11.6 Å². The Morgan fingerprint density at radius 3 is 2.32 bits per heavy atom. The van der Waals surface area contributed by atoms with Crippen molar-refractivity contribution in [1.29, 1.82) is 0 Å². The molecule has 2 aromatic rings. The van der Waals surface area contributed by atoms with Gasteiger partial charge in [-0.05, 0) is 23.8 Å². The van der Waals surface area contributed by atoms with E-state index in [0.717, 1.165) is 0 Å². The third-order valence-electron chi connectivity index (χ3n) is 2.74. The number of carbonyl (C=O) groups excluding carboxylic acids is 1. The first-order valence-corrected chi connectivity index (χ1v) is 6.65. The van der Waals surface area contributed by atoms with Crippen LogP contribution in [-0.4, -0.2) is 12.0 Å². The first kappa shape index (κ1) is 16.1. The maximum Gasteiger partial charge on any atom is 0.454 e. The molecule has 2 aromatic carbocycles. The summed E-state index contributed by atoms with van der Waals surface area (Å²) in [5.41, 5.74) is 0.989. The van der Waals surface area contributed by atoms with Crippen molar-refractivity contribution in [3.8, 4) is 0 Å². The fraction of sp³-hybridized carbons (Fsp3) is 0.0625. The second kappa shape index (κ2) is 6.66. The monoisotopic (exact) mass is 325 g/mol. The van der Waals surface area contributed by atoms with Crippen LogP contribution in [0.5, 0.6) is 0 Å². The summed E-state index contributed by atoms with van der Waals surface area (Å²) >= 11 is 5.85. The molecule has 0 spiro atoms. The van der Waals surface area contributed by atoms with Crippen molar-refractivity contribution in [2.45, 2.75) is 6.18 Å². The average molecular weight is 326 g/mol. The minimum Gasteiger partial charge on any atom is -0.355 e. The van der Waals surface area contributed by atoms with E-state index in [0.29, 0.717) is 22.3 Å². The number of halogens is 4. The summed E-state index contributed by atoms with van der Waals surface area (Å²) < 4.78 is 37.5. The van der Waals surface area contributed by atoms with Crippen LogP contribution in [0.3, 0.4) is 0 Å². The number of hydrogen-bond donors (Lipinski definition) is 1. The summed E-state index contributed by atoms with van der Waals surface area (Å²) in [6.45, 7) is 0. The number of alkyl halides is 3. The van der Waals surface area contributed by atoms with Crippen molar-refractivity contribution >= 4 is 28.8 Å². The van der Waals surface area contributed by atoms with E-state index in [2.05, 4.69) is 5.32 Å². The van der Waals surface area contributed by atoms with Crippen LogP contribution in [0.25, 0.3) is 5.70 Å². The molecular formula is C16H11ClF3NO. The van der Waals surface area contributed by atoms with Crippen LogP contribution in [-0.2, 0) is 4.79 Å². The third-order valence-corrected chi connectivity index (χ3v) is 2.98. The molecule has 0 unspecified atom stereocenters. The number of hydrogen-bond acceptors (Lipinski definition) is 2. The molecule has 2 nitrogen and oxygen atoms in total. The Kier molecular flexibility index (Phi) is 4.88. The molecule has 0 bridgehead atoms. The Hall–Kier alpha value is -2.27.